The number of ether oxygens (including phenoxy) is 1. The summed E-state index contributed by atoms with van der Waals surface area (Å²) < 4.78 is 30.6. The number of nitrogens with one attached hydrogen (secondary N) is 1. The van der Waals surface area contributed by atoms with Crippen LogP contribution in [-0.2, 0) is 10.0 Å². The second-order valence-corrected chi connectivity index (χ2v) is 7.44. The Balaban J connectivity index is 2.16. The molecule has 0 saturated carbocycles. The lowest BCUT2D eigenvalue weighted by Gasteiger charge is -2.13. The smallest absolute Gasteiger partial charge is 0.242 e. The number of sulfonamides is 1. The van der Waals surface area contributed by atoms with E-state index in [1.807, 2.05) is 12.1 Å². The van der Waals surface area contributed by atoms with E-state index < -0.39 is 10.0 Å². The van der Waals surface area contributed by atoms with Gasteiger partial charge in [-0.15, -0.1) is 0 Å². The van der Waals surface area contributed by atoms with Crippen LogP contribution in [0.4, 0.5) is 5.69 Å². The van der Waals surface area contributed by atoms with E-state index in [-0.39, 0.29) is 17.2 Å². The van der Waals surface area contributed by atoms with Crippen LogP contribution in [0.2, 0.25) is 0 Å². The van der Waals surface area contributed by atoms with Crippen molar-refractivity contribution in [1.29, 1.82) is 0 Å². The van der Waals surface area contributed by atoms with E-state index >= 15 is 0 Å². The Morgan fingerprint density at radius 3 is 2.50 bits per heavy atom. The molecule has 1 N–H and O–H groups in total. The highest BCUT2D eigenvalue weighted by Gasteiger charge is 2.18. The average molecular weight is 348 g/mol. The number of hydrogen-bond donors (Lipinski definition) is 1. The van der Waals surface area contributed by atoms with Gasteiger partial charge in [0, 0.05) is 19.7 Å². The van der Waals surface area contributed by atoms with Gasteiger partial charge in [-0.2, -0.15) is 0 Å². The maximum absolute atomic E-state index is 12.4. The van der Waals surface area contributed by atoms with E-state index in [0.717, 1.165) is 4.31 Å². The van der Waals surface area contributed by atoms with Crippen LogP contribution in [0.5, 0.6) is 5.75 Å². The normalized spacial score (nSPS) is 11.3. The summed E-state index contributed by atoms with van der Waals surface area (Å²) in [5.74, 6) is 0.422. The molecule has 0 amide bonds. The van der Waals surface area contributed by atoms with Crippen LogP contribution in [0, 0.1) is 0 Å². The minimum absolute atomic E-state index is 0.0336. The number of nitrogens with zero attached hydrogens (tertiary/aromatic N) is 1. The quantitative estimate of drug-likeness (QED) is 0.777. The fourth-order valence-corrected chi connectivity index (χ4v) is 3.06. The van der Waals surface area contributed by atoms with Crippen LogP contribution in [0.3, 0.4) is 0 Å². The Morgan fingerprint density at radius 1 is 1.12 bits per heavy atom. The Kier molecular flexibility index (Phi) is 5.58. The maximum Gasteiger partial charge on any atom is 0.242 e. The van der Waals surface area contributed by atoms with Crippen LogP contribution < -0.4 is 10.1 Å². The molecule has 2 aromatic rings. The summed E-state index contributed by atoms with van der Waals surface area (Å²) in [6.45, 7) is 0.0336. The molecule has 2 aromatic carbocycles. The third kappa shape index (κ3) is 3.93. The summed E-state index contributed by atoms with van der Waals surface area (Å²) in [6, 6.07) is 13.3. The molecule has 0 bridgehead atoms. The number of anilines is 1. The molecule has 24 heavy (non-hydrogen) atoms. The van der Waals surface area contributed by atoms with Crippen molar-refractivity contribution in [3.8, 4) is 5.75 Å². The first-order valence-corrected chi connectivity index (χ1v) is 8.73. The largest absolute Gasteiger partial charge is 0.495 e. The zero-order valence-corrected chi connectivity index (χ0v) is 14.6. The number of methoxy groups -OCH3 is 1. The number of Topliss-reactive ketones (excluding diaryl/α,β-unsaturated/α-hetero) is 1. The predicted molar refractivity (Wildman–Crippen MR) is 93.1 cm³/mol. The molecule has 6 nitrogen and oxygen atoms in total. The van der Waals surface area contributed by atoms with Gasteiger partial charge in [-0.25, -0.2) is 12.7 Å². The minimum Gasteiger partial charge on any atom is -0.495 e. The first-order valence-electron chi connectivity index (χ1n) is 7.29. The minimum atomic E-state index is -3.57. The molecule has 2 rings (SSSR count). The Bertz CT molecular complexity index is 832. The fraction of sp³-hybridized carbons (Fsp3) is 0.235. The van der Waals surface area contributed by atoms with Crippen molar-refractivity contribution >= 4 is 21.5 Å². The van der Waals surface area contributed by atoms with Gasteiger partial charge in [-0.05, 0) is 24.3 Å². The molecule has 0 fully saturated rings. The van der Waals surface area contributed by atoms with Crippen molar-refractivity contribution in [2.24, 2.45) is 0 Å². The van der Waals surface area contributed by atoms with E-state index in [0.29, 0.717) is 17.0 Å². The molecule has 0 aliphatic carbocycles. The standard InChI is InChI=1S/C17H20N2O4S/c1-19(2)24(21,22)14-8-6-7-13(11-14)16(20)12-18-15-9-4-5-10-17(15)23-3/h4-11,18H,12H2,1-3H3. The lowest BCUT2D eigenvalue weighted by Crippen LogP contribution is -2.22. The van der Waals surface area contributed by atoms with Crippen LogP contribution in [0.25, 0.3) is 0 Å². The molecule has 0 aromatic heterocycles. The highest BCUT2D eigenvalue weighted by molar-refractivity contribution is 7.89. The van der Waals surface area contributed by atoms with Crippen LogP contribution in [0.15, 0.2) is 53.4 Å². The van der Waals surface area contributed by atoms with Crippen LogP contribution in [-0.4, -0.2) is 46.3 Å². The summed E-state index contributed by atoms with van der Waals surface area (Å²) >= 11 is 0. The number of benzene rings is 2. The van der Waals surface area contributed by atoms with Crippen molar-refractivity contribution in [1.82, 2.24) is 4.31 Å². The molecule has 0 unspecified atom stereocenters. The highest BCUT2D eigenvalue weighted by Crippen LogP contribution is 2.23. The lowest BCUT2D eigenvalue weighted by molar-refractivity contribution is 0.101. The lowest BCUT2D eigenvalue weighted by atomic mass is 10.1. The molecule has 0 radical (unpaired) electrons. The molecule has 7 heteroatoms. The molecule has 0 aliphatic heterocycles. The number of para-hydroxylation sites is 2. The molecular weight excluding hydrogens is 328 g/mol. The first-order chi connectivity index (χ1) is 11.4. The van der Waals surface area contributed by atoms with Gasteiger partial charge >= 0.3 is 0 Å². The number of hydrogen-bond acceptors (Lipinski definition) is 5. The van der Waals surface area contributed by atoms with Gasteiger partial charge in [0.2, 0.25) is 10.0 Å². The van der Waals surface area contributed by atoms with Crippen LogP contribution in [0.1, 0.15) is 10.4 Å². The summed E-state index contributed by atoms with van der Waals surface area (Å²) in [5.41, 5.74) is 1.03. The topological polar surface area (TPSA) is 75.7 Å². The van der Waals surface area contributed by atoms with Crippen molar-refractivity contribution in [2.45, 2.75) is 4.90 Å². The molecule has 0 aliphatic rings. The number of carbonyl (C=O) groups excluding carboxylic acids is 1. The van der Waals surface area contributed by atoms with Crippen molar-refractivity contribution in [3.63, 3.8) is 0 Å². The van der Waals surface area contributed by atoms with Gasteiger partial charge in [0.25, 0.3) is 0 Å². The second-order valence-electron chi connectivity index (χ2n) is 5.29. The van der Waals surface area contributed by atoms with Crippen LogP contribution >= 0.6 is 0 Å². The van der Waals surface area contributed by atoms with Gasteiger partial charge in [0.05, 0.1) is 24.2 Å². The highest BCUT2D eigenvalue weighted by atomic mass is 32.2. The fourth-order valence-electron chi connectivity index (χ4n) is 2.11. The summed E-state index contributed by atoms with van der Waals surface area (Å²) in [5, 5.41) is 3.01. The molecule has 0 saturated heterocycles. The zero-order valence-electron chi connectivity index (χ0n) is 13.8. The average Bonchev–Trinajstić information content (AvgIpc) is 2.59. The van der Waals surface area contributed by atoms with E-state index in [9.17, 15) is 13.2 Å². The monoisotopic (exact) mass is 348 g/mol. The van der Waals surface area contributed by atoms with Gasteiger partial charge < -0.3 is 10.1 Å². The predicted octanol–water partition coefficient (Wildman–Crippen LogP) is 2.24. The summed E-state index contributed by atoms with van der Waals surface area (Å²) in [6.07, 6.45) is 0. The van der Waals surface area contributed by atoms with E-state index in [4.69, 9.17) is 4.74 Å². The van der Waals surface area contributed by atoms with Gasteiger partial charge in [-0.3, -0.25) is 4.79 Å². The van der Waals surface area contributed by atoms with Gasteiger partial charge in [-0.1, -0.05) is 24.3 Å². The number of rotatable bonds is 7. The molecule has 128 valence electrons. The number of carbonyl (C=O) groups is 1. The number of ketones is 1. The third-order valence-corrected chi connectivity index (χ3v) is 5.29. The molecule has 0 spiro atoms. The van der Waals surface area contributed by atoms with E-state index in [2.05, 4.69) is 5.32 Å². The summed E-state index contributed by atoms with van der Waals surface area (Å²) in [4.78, 5) is 12.4. The first kappa shape index (κ1) is 18.0. The van der Waals surface area contributed by atoms with E-state index in [1.165, 1.54) is 26.2 Å². The van der Waals surface area contributed by atoms with Crippen molar-refractivity contribution in [3.05, 3.63) is 54.1 Å². The Hall–Kier alpha value is -2.38. The molecule has 0 heterocycles. The van der Waals surface area contributed by atoms with Gasteiger partial charge in [0.1, 0.15) is 5.75 Å². The summed E-state index contributed by atoms with van der Waals surface area (Å²) in [7, 11) is 0.886. The Morgan fingerprint density at radius 2 is 1.83 bits per heavy atom. The van der Waals surface area contributed by atoms with Crippen molar-refractivity contribution < 1.29 is 17.9 Å². The van der Waals surface area contributed by atoms with E-state index in [1.54, 1.807) is 31.4 Å². The molecular formula is C17H20N2O4S. The Labute approximate surface area is 142 Å². The van der Waals surface area contributed by atoms with Crippen molar-refractivity contribution in [2.75, 3.05) is 33.1 Å². The zero-order chi connectivity index (χ0) is 17.7. The maximum atomic E-state index is 12.4. The molecule has 0 atom stereocenters. The SMILES string of the molecule is COc1ccccc1NCC(=O)c1cccc(S(=O)(=O)N(C)C)c1. The third-order valence-electron chi connectivity index (χ3n) is 3.48. The second kappa shape index (κ2) is 7.46. The van der Waals surface area contributed by atoms with Gasteiger partial charge in [0.15, 0.2) is 5.78 Å².